The highest BCUT2D eigenvalue weighted by atomic mass is 35.5. The van der Waals surface area contributed by atoms with Gasteiger partial charge in [0.15, 0.2) is 0 Å². The molecule has 0 radical (unpaired) electrons. The van der Waals surface area contributed by atoms with E-state index in [-0.39, 0.29) is 12.1 Å². The summed E-state index contributed by atoms with van der Waals surface area (Å²) in [6, 6.07) is 3.78. The van der Waals surface area contributed by atoms with Gasteiger partial charge >= 0.3 is 6.09 Å². The number of amides is 1. The van der Waals surface area contributed by atoms with Crippen molar-refractivity contribution in [3.05, 3.63) is 40.8 Å². The lowest BCUT2D eigenvalue weighted by Gasteiger charge is -2.33. The van der Waals surface area contributed by atoms with Crippen molar-refractivity contribution < 1.29 is 14.6 Å². The Labute approximate surface area is 184 Å². The number of rotatable bonds is 4. The summed E-state index contributed by atoms with van der Waals surface area (Å²) in [5.74, 6) is 0.373. The Balaban J connectivity index is 1.54. The molecule has 0 bridgehead atoms. The molecule has 0 aliphatic heterocycles. The number of alkyl carbamates (subject to hydrolysis) is 1. The molecule has 3 aromatic heterocycles. The number of fused-ring (bicyclic) bond motifs is 1. The number of hydrogen-bond donors (Lipinski definition) is 3. The summed E-state index contributed by atoms with van der Waals surface area (Å²) in [4.78, 5) is 20.3. The molecule has 0 spiro atoms. The zero-order chi connectivity index (χ0) is 22.1. The number of hydrogen-bond acceptors (Lipinski definition) is 7. The molecule has 1 amide bonds. The average molecular weight is 445 g/mol. The van der Waals surface area contributed by atoms with Crippen molar-refractivity contribution in [2.75, 3.05) is 12.4 Å². The smallest absolute Gasteiger partial charge is 0.407 e. The van der Waals surface area contributed by atoms with Crippen LogP contribution in [0.3, 0.4) is 0 Å². The summed E-state index contributed by atoms with van der Waals surface area (Å²) in [5.41, 5.74) is 4.47. The molecule has 31 heavy (non-hydrogen) atoms. The van der Waals surface area contributed by atoms with Crippen LogP contribution >= 0.6 is 11.6 Å². The molecule has 3 atom stereocenters. The first-order valence-electron chi connectivity index (χ1n) is 10.2. The fourth-order valence-corrected chi connectivity index (χ4v) is 4.04. The highest BCUT2D eigenvalue weighted by molar-refractivity contribution is 6.33. The Bertz CT molecular complexity index is 1120. The molecular weight excluding hydrogens is 420 g/mol. The molecule has 3 heterocycles. The molecule has 1 aliphatic carbocycles. The van der Waals surface area contributed by atoms with Crippen LogP contribution in [-0.4, -0.2) is 56.1 Å². The van der Waals surface area contributed by atoms with Gasteiger partial charge < -0.3 is 20.5 Å². The molecule has 10 heteroatoms. The molecule has 4 rings (SSSR count). The van der Waals surface area contributed by atoms with Crippen LogP contribution in [0.1, 0.15) is 30.5 Å². The van der Waals surface area contributed by atoms with E-state index in [2.05, 4.69) is 25.7 Å². The minimum atomic E-state index is -0.700. The molecule has 164 valence electrons. The maximum atomic E-state index is 11.4. The Morgan fingerprint density at radius 1 is 1.29 bits per heavy atom. The van der Waals surface area contributed by atoms with Gasteiger partial charge in [-0.2, -0.15) is 5.10 Å². The van der Waals surface area contributed by atoms with Gasteiger partial charge in [0.2, 0.25) is 5.95 Å². The zero-order valence-electron chi connectivity index (χ0n) is 17.6. The van der Waals surface area contributed by atoms with Crippen LogP contribution in [0.4, 0.5) is 10.7 Å². The zero-order valence-corrected chi connectivity index (χ0v) is 18.3. The van der Waals surface area contributed by atoms with Crippen LogP contribution in [0.25, 0.3) is 16.8 Å². The number of pyridine rings is 1. The van der Waals surface area contributed by atoms with E-state index in [0.717, 1.165) is 22.3 Å². The fourth-order valence-electron chi connectivity index (χ4n) is 3.85. The molecule has 1 saturated carbocycles. The third-order valence-corrected chi connectivity index (χ3v) is 6.02. The van der Waals surface area contributed by atoms with E-state index in [4.69, 9.17) is 16.3 Å². The highest BCUT2D eigenvalue weighted by Gasteiger charge is 2.31. The second kappa shape index (κ2) is 8.68. The number of carbonyl (C=O) groups is 1. The maximum Gasteiger partial charge on any atom is 0.407 e. The number of nitrogens with zero attached hydrogens (tertiary/aromatic N) is 4. The Kier molecular flexibility index (Phi) is 5.97. The average Bonchev–Trinajstić information content (AvgIpc) is 3.18. The largest absolute Gasteiger partial charge is 0.446 e. The molecule has 9 nitrogen and oxygen atoms in total. The van der Waals surface area contributed by atoms with Crippen LogP contribution in [-0.2, 0) is 4.74 Å². The summed E-state index contributed by atoms with van der Waals surface area (Å²) >= 11 is 6.42. The number of aliphatic hydroxyl groups is 1. The SMILES string of the molecule is CNC(=O)O[C@H]1CC[C@@H](Nc2ncc(Cl)c(-c3cnn4c(C)c(C)ccc34)n2)[C@H](O)C1. The number of aliphatic hydroxyl groups excluding tert-OH is 1. The van der Waals surface area contributed by atoms with E-state index in [1.54, 1.807) is 12.4 Å². The molecule has 3 aromatic rings. The van der Waals surface area contributed by atoms with Crippen LogP contribution in [0.5, 0.6) is 0 Å². The first-order valence-corrected chi connectivity index (χ1v) is 10.5. The summed E-state index contributed by atoms with van der Waals surface area (Å²) in [7, 11) is 1.51. The number of carbonyl (C=O) groups excluding carboxylic acids is 1. The van der Waals surface area contributed by atoms with Crippen LogP contribution < -0.4 is 10.6 Å². The third kappa shape index (κ3) is 4.28. The predicted molar refractivity (Wildman–Crippen MR) is 117 cm³/mol. The van der Waals surface area contributed by atoms with E-state index in [0.29, 0.717) is 35.9 Å². The highest BCUT2D eigenvalue weighted by Crippen LogP contribution is 2.31. The van der Waals surface area contributed by atoms with Crippen LogP contribution in [0.15, 0.2) is 24.5 Å². The van der Waals surface area contributed by atoms with Gasteiger partial charge in [0, 0.05) is 24.7 Å². The van der Waals surface area contributed by atoms with E-state index in [9.17, 15) is 9.90 Å². The van der Waals surface area contributed by atoms with Crippen molar-refractivity contribution in [3.63, 3.8) is 0 Å². The van der Waals surface area contributed by atoms with E-state index >= 15 is 0 Å². The quantitative estimate of drug-likeness (QED) is 0.566. The summed E-state index contributed by atoms with van der Waals surface area (Å²) < 4.78 is 7.13. The van der Waals surface area contributed by atoms with Gasteiger partial charge in [-0.3, -0.25) is 0 Å². The van der Waals surface area contributed by atoms with Crippen molar-refractivity contribution >= 4 is 29.2 Å². The lowest BCUT2D eigenvalue weighted by molar-refractivity contribution is 0.0172. The fraction of sp³-hybridized carbons (Fsp3) is 0.429. The molecular formula is C21H25ClN6O3. The number of aryl methyl sites for hydroxylation is 2. The standard InChI is InChI=1S/C21H25ClN6O3/c1-11-4-7-17-14(9-25-28(17)12(11)2)19-15(22)10-24-20(27-19)26-16-6-5-13(8-18(16)29)31-21(30)23-3/h4,7,9-10,13,16,18,29H,5-6,8H2,1-3H3,(H,23,30)(H,24,26,27)/t13-,16+,18+/m0/s1. The molecule has 1 aliphatic rings. The second-order valence-corrected chi connectivity index (χ2v) is 8.16. The minimum absolute atomic E-state index is 0.257. The number of aromatic nitrogens is 4. The second-order valence-electron chi connectivity index (χ2n) is 7.76. The van der Waals surface area contributed by atoms with Crippen molar-refractivity contribution in [1.29, 1.82) is 0 Å². The van der Waals surface area contributed by atoms with Crippen molar-refractivity contribution in [2.45, 2.75) is 51.4 Å². The van der Waals surface area contributed by atoms with Gasteiger partial charge in [0.05, 0.1) is 40.8 Å². The molecule has 3 N–H and O–H groups in total. The molecule has 0 saturated heterocycles. The van der Waals surface area contributed by atoms with Gasteiger partial charge in [0.25, 0.3) is 0 Å². The number of ether oxygens (including phenoxy) is 1. The molecule has 0 aromatic carbocycles. The van der Waals surface area contributed by atoms with Crippen molar-refractivity contribution in [3.8, 4) is 11.3 Å². The van der Waals surface area contributed by atoms with Gasteiger partial charge in [-0.1, -0.05) is 17.7 Å². The van der Waals surface area contributed by atoms with Crippen LogP contribution in [0.2, 0.25) is 5.02 Å². The minimum Gasteiger partial charge on any atom is -0.446 e. The topological polar surface area (TPSA) is 114 Å². The van der Waals surface area contributed by atoms with Gasteiger partial charge in [-0.05, 0) is 38.3 Å². The van der Waals surface area contributed by atoms with Crippen molar-refractivity contribution in [1.82, 2.24) is 24.9 Å². The number of halogens is 1. The first-order chi connectivity index (χ1) is 14.9. The summed E-state index contributed by atoms with van der Waals surface area (Å²) in [6.07, 6.45) is 3.37. The Morgan fingerprint density at radius 3 is 2.84 bits per heavy atom. The lowest BCUT2D eigenvalue weighted by Crippen LogP contribution is -2.43. The predicted octanol–water partition coefficient (Wildman–Crippen LogP) is 3.11. The monoisotopic (exact) mass is 444 g/mol. The molecule has 1 fully saturated rings. The van der Waals surface area contributed by atoms with Crippen molar-refractivity contribution in [2.24, 2.45) is 0 Å². The Morgan fingerprint density at radius 2 is 2.10 bits per heavy atom. The van der Waals surface area contributed by atoms with Gasteiger partial charge in [-0.25, -0.2) is 19.3 Å². The Hall–Kier alpha value is -2.91. The van der Waals surface area contributed by atoms with E-state index < -0.39 is 12.2 Å². The maximum absolute atomic E-state index is 11.4. The normalized spacial score (nSPS) is 21.1. The van der Waals surface area contributed by atoms with Gasteiger partial charge in [0.1, 0.15) is 6.10 Å². The first kappa shape index (κ1) is 21.3. The lowest BCUT2D eigenvalue weighted by atomic mass is 9.90. The summed E-state index contributed by atoms with van der Waals surface area (Å²) in [6.45, 7) is 4.05. The summed E-state index contributed by atoms with van der Waals surface area (Å²) in [5, 5.41) is 21.1. The third-order valence-electron chi connectivity index (χ3n) is 5.75. The number of nitrogens with one attached hydrogen (secondary N) is 2. The van der Waals surface area contributed by atoms with E-state index in [1.165, 1.54) is 7.05 Å². The van der Waals surface area contributed by atoms with Gasteiger partial charge in [-0.15, -0.1) is 0 Å². The number of anilines is 1. The van der Waals surface area contributed by atoms with E-state index in [1.807, 2.05) is 30.5 Å². The van der Waals surface area contributed by atoms with Crippen LogP contribution in [0, 0.1) is 13.8 Å². The molecule has 0 unspecified atom stereocenters.